The molecule has 0 unspecified atom stereocenters. The fourth-order valence-electron chi connectivity index (χ4n) is 3.64. The van der Waals surface area contributed by atoms with Crippen LogP contribution in [0.1, 0.15) is 72.6 Å². The Balaban J connectivity index is 2.17. The van der Waals surface area contributed by atoms with Gasteiger partial charge < -0.3 is 5.32 Å². The smallest absolute Gasteiger partial charge is 0.239 e. The van der Waals surface area contributed by atoms with Crippen molar-refractivity contribution in [3.63, 3.8) is 0 Å². The van der Waals surface area contributed by atoms with Crippen molar-refractivity contribution in [2.75, 3.05) is 0 Å². The molecule has 2 aliphatic rings. The van der Waals surface area contributed by atoms with E-state index in [1.165, 1.54) is 6.92 Å². The number of nitrogens with one attached hydrogen (secondary N) is 2. The minimum atomic E-state index is -3.47. The summed E-state index contributed by atoms with van der Waals surface area (Å²) in [5.74, 6) is -0.491. The summed E-state index contributed by atoms with van der Waals surface area (Å²) >= 11 is 0. The van der Waals surface area contributed by atoms with Crippen molar-refractivity contribution in [2.24, 2.45) is 11.3 Å². The fraction of sp³-hybridized carbons (Fsp3) is 0.889. The number of rotatable bonds is 7. The summed E-state index contributed by atoms with van der Waals surface area (Å²) in [6, 6.07) is -1.41. The van der Waals surface area contributed by atoms with Gasteiger partial charge in [0.25, 0.3) is 0 Å². The Kier molecular flexibility index (Phi) is 6.30. The van der Waals surface area contributed by atoms with Crippen LogP contribution in [-0.4, -0.2) is 37.4 Å². The van der Waals surface area contributed by atoms with E-state index in [0.29, 0.717) is 12.8 Å². The Labute approximate surface area is 151 Å². The van der Waals surface area contributed by atoms with Crippen LogP contribution < -0.4 is 10.0 Å². The first-order valence-corrected chi connectivity index (χ1v) is 10.9. The molecule has 2 aliphatic carbocycles. The second-order valence-corrected chi connectivity index (χ2v) is 10.6. The molecule has 0 spiro atoms. The zero-order valence-electron chi connectivity index (χ0n) is 15.8. The normalized spacial score (nSPS) is 22.2. The average molecular weight is 373 g/mol. The summed E-state index contributed by atoms with van der Waals surface area (Å²) in [6.07, 6.45) is 6.14. The zero-order chi connectivity index (χ0) is 18.8. The summed E-state index contributed by atoms with van der Waals surface area (Å²) in [4.78, 5) is 24.9. The summed E-state index contributed by atoms with van der Waals surface area (Å²) < 4.78 is 27.5. The lowest BCUT2D eigenvalue weighted by atomic mass is 9.82. The van der Waals surface area contributed by atoms with E-state index < -0.39 is 27.5 Å². The predicted octanol–water partition coefficient (Wildman–Crippen LogP) is 2.14. The molecular formula is C18H32N2O4S. The van der Waals surface area contributed by atoms with Crippen molar-refractivity contribution < 1.29 is 18.0 Å². The van der Waals surface area contributed by atoms with Crippen LogP contribution in [0.2, 0.25) is 0 Å². The number of hydrogen-bond acceptors (Lipinski definition) is 4. The minimum Gasteiger partial charge on any atom is -0.344 e. The second-order valence-electron chi connectivity index (χ2n) is 8.66. The predicted molar refractivity (Wildman–Crippen MR) is 97.5 cm³/mol. The number of carbonyl (C=O) groups is 2. The van der Waals surface area contributed by atoms with E-state index in [-0.39, 0.29) is 22.9 Å². The van der Waals surface area contributed by atoms with Gasteiger partial charge in [-0.15, -0.1) is 0 Å². The molecule has 2 atom stereocenters. The molecule has 0 saturated heterocycles. The van der Waals surface area contributed by atoms with Crippen LogP contribution in [0, 0.1) is 11.3 Å². The number of amides is 1. The monoisotopic (exact) mass is 372 g/mol. The highest BCUT2D eigenvalue weighted by Crippen LogP contribution is 2.31. The lowest BCUT2D eigenvalue weighted by Gasteiger charge is -2.34. The van der Waals surface area contributed by atoms with Gasteiger partial charge in [0.2, 0.25) is 15.9 Å². The van der Waals surface area contributed by atoms with E-state index in [4.69, 9.17) is 0 Å². The molecule has 0 aliphatic heterocycles. The van der Waals surface area contributed by atoms with Gasteiger partial charge in [-0.05, 0) is 43.9 Å². The van der Waals surface area contributed by atoms with E-state index in [1.54, 1.807) is 0 Å². The molecule has 6 nitrogen and oxygen atoms in total. The van der Waals surface area contributed by atoms with Crippen molar-refractivity contribution in [1.82, 2.24) is 10.0 Å². The van der Waals surface area contributed by atoms with Gasteiger partial charge in [0.1, 0.15) is 6.04 Å². The Bertz CT molecular complexity index is 599. The summed E-state index contributed by atoms with van der Waals surface area (Å²) in [6.45, 7) is 7.14. The van der Waals surface area contributed by atoms with Gasteiger partial charge in [-0.25, -0.2) is 13.1 Å². The highest BCUT2D eigenvalue weighted by Gasteiger charge is 2.42. The molecule has 2 fully saturated rings. The third kappa shape index (κ3) is 5.51. The van der Waals surface area contributed by atoms with Crippen LogP contribution in [0.4, 0.5) is 0 Å². The average Bonchev–Trinajstić information content (AvgIpc) is 3.34. The fourth-order valence-corrected chi connectivity index (χ4v) is 5.25. The number of Topliss-reactive ketones (excluding diaryl/α,β-unsaturated/α-hetero) is 1. The Morgan fingerprint density at radius 2 is 1.56 bits per heavy atom. The molecule has 2 N–H and O–H groups in total. The molecular weight excluding hydrogens is 340 g/mol. The first-order valence-electron chi connectivity index (χ1n) is 9.34. The van der Waals surface area contributed by atoms with Gasteiger partial charge in [0.05, 0.1) is 11.3 Å². The first-order chi connectivity index (χ1) is 11.5. The van der Waals surface area contributed by atoms with Gasteiger partial charge in [-0.1, -0.05) is 40.0 Å². The molecule has 7 heteroatoms. The molecule has 0 aromatic heterocycles. The van der Waals surface area contributed by atoms with Crippen molar-refractivity contribution in [3.8, 4) is 0 Å². The number of sulfonamides is 1. The maximum atomic E-state index is 12.9. The SMILES string of the molecule is CC(=O)[C@@H](NC(=O)[C@@H](NS(=O)(=O)C1CC1)C1CCCCC1)C(C)(C)C. The third-order valence-electron chi connectivity index (χ3n) is 5.22. The molecule has 2 saturated carbocycles. The van der Waals surface area contributed by atoms with Crippen LogP contribution in [0.25, 0.3) is 0 Å². The lowest BCUT2D eigenvalue weighted by molar-refractivity contribution is -0.131. The van der Waals surface area contributed by atoms with Gasteiger partial charge >= 0.3 is 0 Å². The van der Waals surface area contributed by atoms with Crippen LogP contribution in [0.3, 0.4) is 0 Å². The van der Waals surface area contributed by atoms with Crippen molar-refractivity contribution in [1.29, 1.82) is 0 Å². The Morgan fingerprint density at radius 3 is 2.00 bits per heavy atom. The maximum absolute atomic E-state index is 12.9. The van der Waals surface area contributed by atoms with Gasteiger partial charge in [-0.2, -0.15) is 0 Å². The molecule has 0 bridgehead atoms. The second kappa shape index (κ2) is 7.74. The molecule has 0 aromatic carbocycles. The van der Waals surface area contributed by atoms with Crippen molar-refractivity contribution in [2.45, 2.75) is 90.0 Å². The minimum absolute atomic E-state index is 0.00477. The maximum Gasteiger partial charge on any atom is 0.239 e. The highest BCUT2D eigenvalue weighted by atomic mass is 32.2. The lowest BCUT2D eigenvalue weighted by Crippen LogP contribution is -2.57. The van der Waals surface area contributed by atoms with Crippen molar-refractivity contribution in [3.05, 3.63) is 0 Å². The van der Waals surface area contributed by atoms with Crippen LogP contribution in [0.15, 0.2) is 0 Å². The quantitative estimate of drug-likeness (QED) is 0.716. The van der Waals surface area contributed by atoms with Crippen LogP contribution >= 0.6 is 0 Å². The largest absolute Gasteiger partial charge is 0.344 e. The van der Waals surface area contributed by atoms with Gasteiger partial charge in [0, 0.05) is 0 Å². The molecule has 2 rings (SSSR count). The molecule has 0 heterocycles. The standard InChI is InChI=1S/C18H32N2O4S/c1-12(21)16(18(2,3)4)19-17(22)15(13-8-6-5-7-9-13)20-25(23,24)14-10-11-14/h13-16,20H,5-11H2,1-4H3,(H,19,22)/t15-,16+/m0/s1. The van der Waals surface area contributed by atoms with E-state index >= 15 is 0 Å². The highest BCUT2D eigenvalue weighted by molar-refractivity contribution is 7.90. The summed E-state index contributed by atoms with van der Waals surface area (Å²) in [5.41, 5.74) is -0.423. The molecule has 0 radical (unpaired) electrons. The number of ketones is 1. The number of carbonyl (C=O) groups excluding carboxylic acids is 2. The molecule has 144 valence electrons. The zero-order valence-corrected chi connectivity index (χ0v) is 16.6. The van der Waals surface area contributed by atoms with Gasteiger partial charge in [0.15, 0.2) is 5.78 Å². The van der Waals surface area contributed by atoms with E-state index in [1.807, 2.05) is 20.8 Å². The molecule has 25 heavy (non-hydrogen) atoms. The Hall–Kier alpha value is -0.950. The number of hydrogen-bond donors (Lipinski definition) is 2. The molecule has 1 amide bonds. The third-order valence-corrected chi connectivity index (χ3v) is 7.15. The van der Waals surface area contributed by atoms with Crippen LogP contribution in [-0.2, 0) is 19.6 Å². The Morgan fingerprint density at radius 1 is 1.00 bits per heavy atom. The summed E-state index contributed by atoms with van der Waals surface area (Å²) in [7, 11) is -3.47. The van der Waals surface area contributed by atoms with Crippen LogP contribution in [0.5, 0.6) is 0 Å². The summed E-state index contributed by atoms with van der Waals surface area (Å²) in [5, 5.41) is 2.46. The van der Waals surface area contributed by atoms with E-state index in [2.05, 4.69) is 10.0 Å². The van der Waals surface area contributed by atoms with Crippen molar-refractivity contribution >= 4 is 21.7 Å². The van der Waals surface area contributed by atoms with Gasteiger partial charge in [-0.3, -0.25) is 9.59 Å². The first kappa shape index (κ1) is 20.4. The molecule has 0 aromatic rings. The van der Waals surface area contributed by atoms with E-state index in [0.717, 1.165) is 32.1 Å². The van der Waals surface area contributed by atoms with E-state index in [9.17, 15) is 18.0 Å². The topological polar surface area (TPSA) is 92.3 Å².